The zero-order chi connectivity index (χ0) is 18.4. The molecule has 2 aromatic carbocycles. The third kappa shape index (κ3) is 5.35. The first-order chi connectivity index (χ1) is 11.9. The third-order valence-corrected chi connectivity index (χ3v) is 3.99. The minimum Gasteiger partial charge on any atom is -0.382 e. The van der Waals surface area contributed by atoms with Crippen LogP contribution in [0.5, 0.6) is 0 Å². The van der Waals surface area contributed by atoms with Crippen LogP contribution in [0.3, 0.4) is 0 Å². The summed E-state index contributed by atoms with van der Waals surface area (Å²) in [4.78, 5) is 17.1. The standard InChI is InChI=1S/C17H17F2IN2O3/c1-10-7-11(20)3-4-15(10)21-16-9-14(19)13(18)8-12(16)17(23)22-25-6-5-24-2/h3-4,7-9,21H,5-6H2,1-2H3,(H,22,23). The van der Waals surface area contributed by atoms with Gasteiger partial charge in [-0.05, 0) is 59.3 Å². The summed E-state index contributed by atoms with van der Waals surface area (Å²) >= 11 is 2.17. The number of anilines is 2. The molecule has 0 aliphatic heterocycles. The molecular formula is C17H17F2IN2O3. The molecule has 0 radical (unpaired) electrons. The molecule has 134 valence electrons. The SMILES string of the molecule is COCCONC(=O)c1cc(F)c(F)cc1Nc1ccc(I)cc1C. The average molecular weight is 462 g/mol. The van der Waals surface area contributed by atoms with Crippen molar-refractivity contribution in [2.45, 2.75) is 6.92 Å². The number of rotatable bonds is 7. The Labute approximate surface area is 157 Å². The Morgan fingerprint density at radius 2 is 1.84 bits per heavy atom. The number of methoxy groups -OCH3 is 1. The van der Waals surface area contributed by atoms with Crippen LogP contribution in [0.25, 0.3) is 0 Å². The maximum absolute atomic E-state index is 13.6. The molecule has 0 bridgehead atoms. The second kappa shape index (κ2) is 9.07. The Balaban J connectivity index is 2.26. The fraction of sp³-hybridized carbons (Fsp3) is 0.235. The van der Waals surface area contributed by atoms with Crippen LogP contribution in [0.2, 0.25) is 0 Å². The Morgan fingerprint density at radius 1 is 1.12 bits per heavy atom. The number of amides is 1. The first-order valence-electron chi connectivity index (χ1n) is 7.35. The van der Waals surface area contributed by atoms with E-state index in [1.807, 2.05) is 19.1 Å². The van der Waals surface area contributed by atoms with Crippen molar-refractivity contribution in [3.63, 3.8) is 0 Å². The van der Waals surface area contributed by atoms with Crippen LogP contribution in [0.15, 0.2) is 30.3 Å². The minimum atomic E-state index is -1.12. The van der Waals surface area contributed by atoms with E-state index in [4.69, 9.17) is 9.57 Å². The molecule has 8 heteroatoms. The highest BCUT2D eigenvalue weighted by molar-refractivity contribution is 14.1. The summed E-state index contributed by atoms with van der Waals surface area (Å²) in [5, 5.41) is 2.97. The van der Waals surface area contributed by atoms with Crippen LogP contribution in [-0.2, 0) is 9.57 Å². The molecule has 0 spiro atoms. The van der Waals surface area contributed by atoms with E-state index in [9.17, 15) is 13.6 Å². The van der Waals surface area contributed by atoms with Crippen LogP contribution in [0.4, 0.5) is 20.2 Å². The fourth-order valence-electron chi connectivity index (χ4n) is 2.05. The van der Waals surface area contributed by atoms with Gasteiger partial charge in [-0.15, -0.1) is 0 Å². The summed E-state index contributed by atoms with van der Waals surface area (Å²) in [6.45, 7) is 2.29. The van der Waals surface area contributed by atoms with Gasteiger partial charge >= 0.3 is 0 Å². The number of carbonyl (C=O) groups is 1. The molecule has 2 N–H and O–H groups in total. The molecule has 2 aromatic rings. The van der Waals surface area contributed by atoms with Gasteiger partial charge in [0.15, 0.2) is 11.6 Å². The number of aryl methyl sites for hydroxylation is 1. The highest BCUT2D eigenvalue weighted by Crippen LogP contribution is 2.27. The van der Waals surface area contributed by atoms with E-state index in [1.165, 1.54) is 7.11 Å². The Kier molecular flexibility index (Phi) is 7.09. The summed E-state index contributed by atoms with van der Waals surface area (Å²) < 4.78 is 33.1. The largest absolute Gasteiger partial charge is 0.382 e. The lowest BCUT2D eigenvalue weighted by Gasteiger charge is -2.15. The predicted octanol–water partition coefficient (Wildman–Crippen LogP) is 3.93. The number of hydrogen-bond acceptors (Lipinski definition) is 4. The second-order valence-corrected chi connectivity index (χ2v) is 6.41. The monoisotopic (exact) mass is 462 g/mol. The van der Waals surface area contributed by atoms with E-state index >= 15 is 0 Å². The van der Waals surface area contributed by atoms with Crippen molar-refractivity contribution >= 4 is 39.9 Å². The summed E-state index contributed by atoms with van der Waals surface area (Å²) in [6, 6.07) is 7.36. The van der Waals surface area contributed by atoms with E-state index in [0.717, 1.165) is 21.3 Å². The van der Waals surface area contributed by atoms with Gasteiger partial charge in [0, 0.05) is 22.4 Å². The van der Waals surface area contributed by atoms with Gasteiger partial charge in [0.1, 0.15) is 0 Å². The van der Waals surface area contributed by atoms with Gasteiger partial charge in [0.05, 0.1) is 24.5 Å². The second-order valence-electron chi connectivity index (χ2n) is 5.17. The summed E-state index contributed by atoms with van der Waals surface area (Å²) in [5.41, 5.74) is 3.83. The molecule has 2 rings (SSSR count). The number of hydrogen-bond donors (Lipinski definition) is 2. The summed E-state index contributed by atoms with van der Waals surface area (Å²) in [6.07, 6.45) is 0. The Hall–Kier alpha value is -1.78. The molecule has 25 heavy (non-hydrogen) atoms. The van der Waals surface area contributed by atoms with E-state index in [-0.39, 0.29) is 24.5 Å². The zero-order valence-electron chi connectivity index (χ0n) is 13.7. The molecule has 0 atom stereocenters. The van der Waals surface area contributed by atoms with E-state index < -0.39 is 17.5 Å². The summed E-state index contributed by atoms with van der Waals surface area (Å²) in [7, 11) is 1.49. The third-order valence-electron chi connectivity index (χ3n) is 3.32. The minimum absolute atomic E-state index is 0.0748. The molecule has 0 unspecified atom stereocenters. The van der Waals surface area contributed by atoms with Crippen LogP contribution in [-0.4, -0.2) is 26.2 Å². The molecule has 1 amide bonds. The molecule has 0 heterocycles. The van der Waals surface area contributed by atoms with Gasteiger partial charge in [-0.2, -0.15) is 0 Å². The maximum atomic E-state index is 13.6. The molecule has 0 fully saturated rings. The maximum Gasteiger partial charge on any atom is 0.277 e. The highest BCUT2D eigenvalue weighted by Gasteiger charge is 2.17. The van der Waals surface area contributed by atoms with Crippen molar-refractivity contribution < 1.29 is 23.1 Å². The van der Waals surface area contributed by atoms with Gasteiger partial charge < -0.3 is 10.1 Å². The van der Waals surface area contributed by atoms with Crippen molar-refractivity contribution in [2.75, 3.05) is 25.6 Å². The van der Waals surface area contributed by atoms with Crippen molar-refractivity contribution in [2.24, 2.45) is 0 Å². The van der Waals surface area contributed by atoms with Crippen LogP contribution in [0, 0.1) is 22.1 Å². The molecule has 0 aliphatic rings. The number of carbonyl (C=O) groups excluding carboxylic acids is 1. The molecule has 0 saturated carbocycles. The molecule has 0 aromatic heterocycles. The number of benzene rings is 2. The normalized spacial score (nSPS) is 10.6. The van der Waals surface area contributed by atoms with Gasteiger partial charge in [0.25, 0.3) is 5.91 Å². The Morgan fingerprint density at radius 3 is 2.52 bits per heavy atom. The zero-order valence-corrected chi connectivity index (χ0v) is 15.8. The van der Waals surface area contributed by atoms with E-state index in [2.05, 4.69) is 33.4 Å². The number of halogens is 3. The molecule has 0 aliphatic carbocycles. The van der Waals surface area contributed by atoms with Gasteiger partial charge in [-0.3, -0.25) is 9.63 Å². The number of nitrogens with one attached hydrogen (secondary N) is 2. The first kappa shape index (κ1) is 19.5. The number of ether oxygens (including phenoxy) is 1. The first-order valence-corrected chi connectivity index (χ1v) is 8.43. The van der Waals surface area contributed by atoms with Crippen molar-refractivity contribution in [3.05, 3.63) is 56.7 Å². The van der Waals surface area contributed by atoms with E-state index in [0.29, 0.717) is 5.69 Å². The molecular weight excluding hydrogens is 445 g/mol. The highest BCUT2D eigenvalue weighted by atomic mass is 127. The van der Waals surface area contributed by atoms with Gasteiger partial charge in [-0.1, -0.05) is 0 Å². The lowest BCUT2D eigenvalue weighted by Crippen LogP contribution is -2.26. The molecule has 5 nitrogen and oxygen atoms in total. The quantitative estimate of drug-likeness (QED) is 0.372. The van der Waals surface area contributed by atoms with Crippen molar-refractivity contribution in [1.29, 1.82) is 0 Å². The smallest absolute Gasteiger partial charge is 0.277 e. The van der Waals surface area contributed by atoms with Crippen molar-refractivity contribution in [1.82, 2.24) is 5.48 Å². The van der Waals surface area contributed by atoms with Crippen LogP contribution >= 0.6 is 22.6 Å². The lowest BCUT2D eigenvalue weighted by molar-refractivity contribution is 0.00891. The van der Waals surface area contributed by atoms with Crippen LogP contribution < -0.4 is 10.8 Å². The van der Waals surface area contributed by atoms with Gasteiger partial charge in [0.2, 0.25) is 0 Å². The predicted molar refractivity (Wildman–Crippen MR) is 98.8 cm³/mol. The van der Waals surface area contributed by atoms with E-state index in [1.54, 1.807) is 6.07 Å². The Bertz CT molecular complexity index is 772. The van der Waals surface area contributed by atoms with Crippen molar-refractivity contribution in [3.8, 4) is 0 Å². The lowest BCUT2D eigenvalue weighted by atomic mass is 10.1. The number of hydroxylamine groups is 1. The molecule has 0 saturated heterocycles. The summed E-state index contributed by atoms with van der Waals surface area (Å²) in [5.74, 6) is -2.87. The topological polar surface area (TPSA) is 59.6 Å². The van der Waals surface area contributed by atoms with Crippen LogP contribution in [0.1, 0.15) is 15.9 Å². The van der Waals surface area contributed by atoms with Gasteiger partial charge in [-0.25, -0.2) is 14.3 Å². The fourth-order valence-corrected chi connectivity index (χ4v) is 2.69. The average Bonchev–Trinajstić information content (AvgIpc) is 2.57.